The number of aliphatic carboxylic acids is 1. The van der Waals surface area contributed by atoms with Gasteiger partial charge in [0.1, 0.15) is 11.7 Å². The Bertz CT molecular complexity index is 445. The van der Waals surface area contributed by atoms with Crippen molar-refractivity contribution < 1.29 is 19.4 Å². The number of hydrogen-bond acceptors (Lipinski definition) is 5. The van der Waals surface area contributed by atoms with Crippen LogP contribution in [0, 0.1) is 5.92 Å². The van der Waals surface area contributed by atoms with E-state index in [-0.39, 0.29) is 11.6 Å². The van der Waals surface area contributed by atoms with Crippen LogP contribution in [0.3, 0.4) is 0 Å². The van der Waals surface area contributed by atoms with Gasteiger partial charge < -0.3 is 15.2 Å². The summed E-state index contributed by atoms with van der Waals surface area (Å²) in [4.78, 5) is 26.2. The van der Waals surface area contributed by atoms with Crippen molar-refractivity contribution in [1.29, 1.82) is 0 Å². The van der Waals surface area contributed by atoms with Crippen LogP contribution in [0.5, 0.6) is 0 Å². The van der Waals surface area contributed by atoms with Crippen LogP contribution in [-0.2, 0) is 9.53 Å². The van der Waals surface area contributed by atoms with Crippen LogP contribution in [0.15, 0.2) is 18.3 Å². The number of hydrogen-bond donors (Lipinski definition) is 2. The molecule has 1 atom stereocenters. The maximum atomic E-state index is 11.3. The number of carbonyl (C=O) groups is 2. The highest BCUT2D eigenvalue weighted by Gasteiger charge is 2.21. The zero-order valence-corrected chi connectivity index (χ0v) is 10.5. The van der Waals surface area contributed by atoms with E-state index in [9.17, 15) is 9.59 Å². The Morgan fingerprint density at radius 1 is 1.44 bits per heavy atom. The average molecular weight is 252 g/mol. The Labute approximate surface area is 105 Å². The van der Waals surface area contributed by atoms with E-state index in [1.54, 1.807) is 19.9 Å². The number of methoxy groups -OCH3 is 1. The van der Waals surface area contributed by atoms with Crippen LogP contribution in [0.1, 0.15) is 24.3 Å². The van der Waals surface area contributed by atoms with Gasteiger partial charge in [0.25, 0.3) is 0 Å². The number of pyridine rings is 1. The minimum atomic E-state index is -0.943. The van der Waals surface area contributed by atoms with E-state index in [2.05, 4.69) is 15.0 Å². The molecule has 2 N–H and O–H groups in total. The second-order valence-electron chi connectivity index (χ2n) is 4.13. The van der Waals surface area contributed by atoms with Gasteiger partial charge in [0.2, 0.25) is 0 Å². The molecule has 0 aliphatic carbocycles. The Balaban J connectivity index is 2.90. The number of rotatable bonds is 5. The highest BCUT2D eigenvalue weighted by Crippen LogP contribution is 2.14. The lowest BCUT2D eigenvalue weighted by molar-refractivity contribution is -0.138. The lowest BCUT2D eigenvalue weighted by atomic mass is 10.0. The van der Waals surface area contributed by atoms with Crippen LogP contribution < -0.4 is 5.32 Å². The molecule has 1 aromatic rings. The molecular formula is C12H16N2O4. The van der Waals surface area contributed by atoms with Crippen LogP contribution >= 0.6 is 0 Å². The quantitative estimate of drug-likeness (QED) is 0.770. The van der Waals surface area contributed by atoms with Crippen molar-refractivity contribution in [2.75, 3.05) is 12.4 Å². The van der Waals surface area contributed by atoms with E-state index in [1.165, 1.54) is 19.4 Å². The summed E-state index contributed by atoms with van der Waals surface area (Å²) < 4.78 is 4.55. The van der Waals surface area contributed by atoms with Gasteiger partial charge in [0, 0.05) is 11.9 Å². The van der Waals surface area contributed by atoms with E-state index in [4.69, 9.17) is 5.11 Å². The van der Waals surface area contributed by atoms with Crippen molar-refractivity contribution in [1.82, 2.24) is 4.98 Å². The van der Waals surface area contributed by atoms with Gasteiger partial charge in [-0.25, -0.2) is 14.6 Å². The first-order chi connectivity index (χ1) is 8.45. The number of esters is 1. The fourth-order valence-electron chi connectivity index (χ4n) is 1.43. The molecule has 1 rings (SSSR count). The Morgan fingerprint density at radius 2 is 2.11 bits per heavy atom. The summed E-state index contributed by atoms with van der Waals surface area (Å²) in [5.74, 6) is -1.59. The van der Waals surface area contributed by atoms with E-state index in [0.29, 0.717) is 5.69 Å². The number of carbonyl (C=O) groups excluding carboxylic acids is 1. The lowest BCUT2D eigenvalue weighted by Crippen LogP contribution is -2.34. The summed E-state index contributed by atoms with van der Waals surface area (Å²) in [7, 11) is 1.26. The molecule has 0 fully saturated rings. The highest BCUT2D eigenvalue weighted by molar-refractivity contribution is 5.88. The molecule has 6 heteroatoms. The molecule has 98 valence electrons. The van der Waals surface area contributed by atoms with Crippen LogP contribution in [-0.4, -0.2) is 35.2 Å². The average Bonchev–Trinajstić information content (AvgIpc) is 2.34. The number of carboxylic acids is 1. The molecule has 0 bridgehead atoms. The van der Waals surface area contributed by atoms with E-state index >= 15 is 0 Å². The predicted octanol–water partition coefficient (Wildman–Crippen LogP) is 1.39. The zero-order valence-electron chi connectivity index (χ0n) is 10.5. The number of carboxylic acid groups (broad SMARTS) is 1. The molecule has 0 amide bonds. The van der Waals surface area contributed by atoms with Crippen molar-refractivity contribution in [3.8, 4) is 0 Å². The SMILES string of the molecule is COC(=O)c1cc(NC(C(=O)O)C(C)C)ccn1. The topological polar surface area (TPSA) is 88.5 Å². The summed E-state index contributed by atoms with van der Waals surface area (Å²) in [5, 5.41) is 11.9. The third-order valence-corrected chi connectivity index (χ3v) is 2.41. The fraction of sp³-hybridized carbons (Fsp3) is 0.417. The summed E-state index contributed by atoms with van der Waals surface area (Å²) in [6.45, 7) is 3.60. The second-order valence-corrected chi connectivity index (χ2v) is 4.13. The number of nitrogens with one attached hydrogen (secondary N) is 1. The van der Waals surface area contributed by atoms with Gasteiger partial charge in [0.05, 0.1) is 7.11 Å². The first kappa shape index (κ1) is 14.0. The van der Waals surface area contributed by atoms with Crippen LogP contribution in [0.25, 0.3) is 0 Å². The van der Waals surface area contributed by atoms with Gasteiger partial charge in [0.15, 0.2) is 0 Å². The zero-order chi connectivity index (χ0) is 13.7. The molecule has 0 spiro atoms. The second kappa shape index (κ2) is 6.00. The molecule has 0 aliphatic heterocycles. The van der Waals surface area contributed by atoms with Crippen molar-refractivity contribution in [3.05, 3.63) is 24.0 Å². The van der Waals surface area contributed by atoms with Crippen LogP contribution in [0.2, 0.25) is 0 Å². The minimum Gasteiger partial charge on any atom is -0.480 e. The monoisotopic (exact) mass is 252 g/mol. The van der Waals surface area contributed by atoms with Gasteiger partial charge in [-0.05, 0) is 18.1 Å². The molecule has 0 aliphatic rings. The lowest BCUT2D eigenvalue weighted by Gasteiger charge is -2.19. The minimum absolute atomic E-state index is 0.0859. The van der Waals surface area contributed by atoms with Crippen molar-refractivity contribution >= 4 is 17.6 Å². The van der Waals surface area contributed by atoms with E-state index in [0.717, 1.165) is 0 Å². The van der Waals surface area contributed by atoms with Crippen molar-refractivity contribution in [2.45, 2.75) is 19.9 Å². The van der Waals surface area contributed by atoms with Gasteiger partial charge >= 0.3 is 11.9 Å². The molecular weight excluding hydrogens is 236 g/mol. The molecule has 1 heterocycles. The van der Waals surface area contributed by atoms with Crippen molar-refractivity contribution in [3.63, 3.8) is 0 Å². The maximum Gasteiger partial charge on any atom is 0.356 e. The van der Waals surface area contributed by atoms with Crippen LogP contribution in [0.4, 0.5) is 5.69 Å². The van der Waals surface area contributed by atoms with E-state index in [1.807, 2.05) is 0 Å². The summed E-state index contributed by atoms with van der Waals surface area (Å²) in [6, 6.07) is 2.34. The third kappa shape index (κ3) is 3.44. The predicted molar refractivity (Wildman–Crippen MR) is 65.5 cm³/mol. The standard InChI is InChI=1S/C12H16N2O4/c1-7(2)10(11(15)16)14-8-4-5-13-9(6-8)12(17)18-3/h4-7,10H,1-3H3,(H,13,14)(H,15,16). The highest BCUT2D eigenvalue weighted by atomic mass is 16.5. The largest absolute Gasteiger partial charge is 0.480 e. The van der Waals surface area contributed by atoms with Gasteiger partial charge in [-0.2, -0.15) is 0 Å². The summed E-state index contributed by atoms with van der Waals surface area (Å²) in [5.41, 5.74) is 0.655. The van der Waals surface area contributed by atoms with Crippen molar-refractivity contribution in [2.24, 2.45) is 5.92 Å². The normalized spacial score (nSPS) is 12.0. The Hall–Kier alpha value is -2.11. The molecule has 0 aromatic carbocycles. The molecule has 0 saturated carbocycles. The first-order valence-electron chi connectivity index (χ1n) is 5.49. The molecule has 1 unspecified atom stereocenters. The molecule has 0 radical (unpaired) electrons. The van der Waals surface area contributed by atoms with Gasteiger partial charge in [-0.3, -0.25) is 0 Å². The van der Waals surface area contributed by atoms with E-state index < -0.39 is 18.0 Å². The number of aromatic nitrogens is 1. The maximum absolute atomic E-state index is 11.3. The summed E-state index contributed by atoms with van der Waals surface area (Å²) in [6.07, 6.45) is 1.42. The number of ether oxygens (including phenoxy) is 1. The molecule has 0 saturated heterocycles. The number of anilines is 1. The Kier molecular flexibility index (Phi) is 4.65. The number of nitrogens with zero attached hydrogens (tertiary/aromatic N) is 1. The van der Waals surface area contributed by atoms with Gasteiger partial charge in [-0.15, -0.1) is 0 Å². The van der Waals surface area contributed by atoms with Gasteiger partial charge in [-0.1, -0.05) is 13.8 Å². The fourth-order valence-corrected chi connectivity index (χ4v) is 1.43. The first-order valence-corrected chi connectivity index (χ1v) is 5.49. The molecule has 1 aromatic heterocycles. The molecule has 6 nitrogen and oxygen atoms in total. The molecule has 18 heavy (non-hydrogen) atoms. The smallest absolute Gasteiger partial charge is 0.356 e. The summed E-state index contributed by atoms with van der Waals surface area (Å²) >= 11 is 0. The third-order valence-electron chi connectivity index (χ3n) is 2.41. The Morgan fingerprint density at radius 3 is 2.61 bits per heavy atom.